The third-order valence-corrected chi connectivity index (χ3v) is 3.98. The topological polar surface area (TPSA) is 43.1 Å². The molecule has 0 saturated carbocycles. The van der Waals surface area contributed by atoms with E-state index in [2.05, 4.69) is 20.8 Å². The SMILES string of the molecule is CCc1c(CC)c(CC)c([N+](=O)[O-])c(CC)c1CC. The van der Waals surface area contributed by atoms with Crippen LogP contribution in [0.15, 0.2) is 0 Å². The van der Waals surface area contributed by atoms with Gasteiger partial charge in [0.1, 0.15) is 0 Å². The third kappa shape index (κ3) is 2.65. The van der Waals surface area contributed by atoms with Gasteiger partial charge in [0.05, 0.1) is 4.92 Å². The number of benzene rings is 1. The standard InChI is InChI=1S/C16H25NO2/c1-6-11-12(7-2)14(9-4)16(17(18)19)15(10-5)13(11)8-3/h6-10H2,1-5H3. The van der Waals surface area contributed by atoms with Crippen molar-refractivity contribution < 1.29 is 4.92 Å². The highest BCUT2D eigenvalue weighted by atomic mass is 16.6. The number of hydrogen-bond acceptors (Lipinski definition) is 2. The van der Waals surface area contributed by atoms with E-state index in [1.54, 1.807) is 0 Å². The van der Waals surface area contributed by atoms with Gasteiger partial charge in [-0.3, -0.25) is 10.1 Å². The zero-order valence-electron chi connectivity index (χ0n) is 12.8. The fraction of sp³-hybridized carbons (Fsp3) is 0.625. The lowest BCUT2D eigenvalue weighted by atomic mass is 9.84. The monoisotopic (exact) mass is 263 g/mol. The minimum Gasteiger partial charge on any atom is -0.258 e. The van der Waals surface area contributed by atoms with Gasteiger partial charge in [-0.25, -0.2) is 0 Å². The molecule has 0 radical (unpaired) electrons. The van der Waals surface area contributed by atoms with Crippen molar-refractivity contribution in [2.45, 2.75) is 66.7 Å². The minimum absolute atomic E-state index is 0.171. The van der Waals surface area contributed by atoms with Crippen LogP contribution in [0.1, 0.15) is 62.4 Å². The van der Waals surface area contributed by atoms with Gasteiger partial charge in [0, 0.05) is 11.1 Å². The molecule has 1 aromatic rings. The molecule has 0 unspecified atom stereocenters. The van der Waals surface area contributed by atoms with E-state index in [9.17, 15) is 10.1 Å². The molecule has 19 heavy (non-hydrogen) atoms. The molecule has 3 nitrogen and oxygen atoms in total. The summed E-state index contributed by atoms with van der Waals surface area (Å²) in [6.45, 7) is 10.4. The maximum Gasteiger partial charge on any atom is 0.276 e. The summed E-state index contributed by atoms with van der Waals surface area (Å²) < 4.78 is 0. The van der Waals surface area contributed by atoms with E-state index in [0.29, 0.717) is 5.69 Å². The van der Waals surface area contributed by atoms with E-state index < -0.39 is 0 Å². The number of nitrogens with zero attached hydrogens (tertiary/aromatic N) is 1. The first-order chi connectivity index (χ1) is 9.06. The van der Waals surface area contributed by atoms with E-state index in [1.165, 1.54) is 16.7 Å². The summed E-state index contributed by atoms with van der Waals surface area (Å²) in [5.74, 6) is 0. The van der Waals surface area contributed by atoms with Crippen molar-refractivity contribution in [1.82, 2.24) is 0 Å². The molecule has 0 amide bonds. The zero-order valence-corrected chi connectivity index (χ0v) is 12.8. The molecule has 0 N–H and O–H groups in total. The van der Waals surface area contributed by atoms with Crippen LogP contribution in [0.2, 0.25) is 0 Å². The van der Waals surface area contributed by atoms with Gasteiger partial charge < -0.3 is 0 Å². The van der Waals surface area contributed by atoms with Crippen molar-refractivity contribution in [3.63, 3.8) is 0 Å². The first-order valence-electron chi connectivity index (χ1n) is 7.39. The van der Waals surface area contributed by atoms with Crippen LogP contribution in [0.3, 0.4) is 0 Å². The van der Waals surface area contributed by atoms with Crippen molar-refractivity contribution >= 4 is 5.69 Å². The van der Waals surface area contributed by atoms with Crippen molar-refractivity contribution in [1.29, 1.82) is 0 Å². The predicted octanol–water partition coefficient (Wildman–Crippen LogP) is 4.41. The summed E-state index contributed by atoms with van der Waals surface area (Å²) in [5, 5.41) is 11.5. The molecule has 3 heteroatoms. The molecule has 0 atom stereocenters. The molecule has 0 aliphatic carbocycles. The van der Waals surface area contributed by atoms with E-state index in [0.717, 1.165) is 43.2 Å². The lowest BCUT2D eigenvalue weighted by Crippen LogP contribution is -2.11. The van der Waals surface area contributed by atoms with Gasteiger partial charge in [-0.15, -0.1) is 0 Å². The average molecular weight is 263 g/mol. The van der Waals surface area contributed by atoms with Gasteiger partial charge >= 0.3 is 0 Å². The second-order valence-electron chi connectivity index (χ2n) is 4.77. The summed E-state index contributed by atoms with van der Waals surface area (Å²) in [6, 6.07) is 0. The molecule has 0 heterocycles. The molecule has 0 aliphatic heterocycles. The third-order valence-electron chi connectivity index (χ3n) is 3.98. The Morgan fingerprint density at radius 3 is 1.16 bits per heavy atom. The maximum atomic E-state index is 11.5. The minimum atomic E-state index is -0.171. The van der Waals surface area contributed by atoms with Gasteiger partial charge in [-0.1, -0.05) is 34.6 Å². The molecule has 106 valence electrons. The van der Waals surface area contributed by atoms with Crippen LogP contribution >= 0.6 is 0 Å². The Balaban J connectivity index is 3.85. The van der Waals surface area contributed by atoms with E-state index in [4.69, 9.17) is 0 Å². The molecule has 1 aromatic carbocycles. The van der Waals surface area contributed by atoms with Crippen LogP contribution in [0.25, 0.3) is 0 Å². The number of nitro benzene ring substituents is 1. The van der Waals surface area contributed by atoms with Gasteiger partial charge in [0.15, 0.2) is 0 Å². The highest BCUT2D eigenvalue weighted by Gasteiger charge is 2.26. The first-order valence-corrected chi connectivity index (χ1v) is 7.39. The predicted molar refractivity (Wildman–Crippen MR) is 80.0 cm³/mol. The second-order valence-corrected chi connectivity index (χ2v) is 4.77. The quantitative estimate of drug-likeness (QED) is 0.563. The lowest BCUT2D eigenvalue weighted by Gasteiger charge is -2.20. The Morgan fingerprint density at radius 1 is 0.684 bits per heavy atom. The van der Waals surface area contributed by atoms with Gasteiger partial charge in [-0.05, 0) is 48.8 Å². The Morgan fingerprint density at radius 2 is 0.947 bits per heavy atom. The van der Waals surface area contributed by atoms with Gasteiger partial charge in [0.2, 0.25) is 0 Å². The normalized spacial score (nSPS) is 10.8. The maximum absolute atomic E-state index is 11.5. The molecule has 0 bridgehead atoms. The van der Waals surface area contributed by atoms with Gasteiger partial charge in [-0.2, -0.15) is 0 Å². The summed E-state index contributed by atoms with van der Waals surface area (Å²) >= 11 is 0. The van der Waals surface area contributed by atoms with E-state index in [-0.39, 0.29) is 4.92 Å². The molecule has 0 aromatic heterocycles. The zero-order chi connectivity index (χ0) is 14.6. The van der Waals surface area contributed by atoms with Crippen molar-refractivity contribution in [2.24, 2.45) is 0 Å². The Bertz CT molecular complexity index is 445. The van der Waals surface area contributed by atoms with E-state index >= 15 is 0 Å². The van der Waals surface area contributed by atoms with Crippen molar-refractivity contribution in [3.05, 3.63) is 37.9 Å². The smallest absolute Gasteiger partial charge is 0.258 e. The molecule has 0 spiro atoms. The molecule has 0 aliphatic rings. The largest absolute Gasteiger partial charge is 0.276 e. The number of nitro groups is 1. The second kappa shape index (κ2) is 6.69. The summed E-state index contributed by atoms with van der Waals surface area (Å²) in [7, 11) is 0. The van der Waals surface area contributed by atoms with Crippen LogP contribution in [0.5, 0.6) is 0 Å². The Labute approximate surface area is 116 Å². The van der Waals surface area contributed by atoms with Crippen LogP contribution in [0, 0.1) is 10.1 Å². The van der Waals surface area contributed by atoms with Crippen LogP contribution < -0.4 is 0 Å². The summed E-state index contributed by atoms with van der Waals surface area (Å²) in [5.41, 5.74) is 6.08. The molecular weight excluding hydrogens is 238 g/mol. The number of hydrogen-bond donors (Lipinski definition) is 0. The fourth-order valence-corrected chi connectivity index (χ4v) is 3.28. The lowest BCUT2D eigenvalue weighted by molar-refractivity contribution is -0.386. The average Bonchev–Trinajstić information content (AvgIpc) is 2.43. The molecule has 0 fully saturated rings. The highest BCUT2D eigenvalue weighted by molar-refractivity contribution is 5.60. The highest BCUT2D eigenvalue weighted by Crippen LogP contribution is 2.36. The number of rotatable bonds is 6. The van der Waals surface area contributed by atoms with Gasteiger partial charge in [0.25, 0.3) is 5.69 Å². The Hall–Kier alpha value is -1.38. The van der Waals surface area contributed by atoms with Crippen LogP contribution in [-0.4, -0.2) is 4.92 Å². The molecule has 0 saturated heterocycles. The van der Waals surface area contributed by atoms with Crippen LogP contribution in [0.4, 0.5) is 5.69 Å². The van der Waals surface area contributed by atoms with E-state index in [1.807, 2.05) is 13.8 Å². The fourth-order valence-electron chi connectivity index (χ4n) is 3.28. The summed E-state index contributed by atoms with van der Waals surface area (Å²) in [4.78, 5) is 11.3. The van der Waals surface area contributed by atoms with Crippen molar-refractivity contribution in [2.75, 3.05) is 0 Å². The summed E-state index contributed by atoms with van der Waals surface area (Å²) in [6.07, 6.45) is 4.20. The van der Waals surface area contributed by atoms with Crippen LogP contribution in [-0.2, 0) is 32.1 Å². The molecular formula is C16H25NO2. The molecule has 1 rings (SSSR count). The Kier molecular flexibility index (Phi) is 5.52. The van der Waals surface area contributed by atoms with Crippen molar-refractivity contribution in [3.8, 4) is 0 Å². The first kappa shape index (κ1) is 15.7.